The number of amides is 1. The van der Waals surface area contributed by atoms with Gasteiger partial charge in [-0.25, -0.2) is 9.98 Å². The largest absolute Gasteiger partial charge is 0.361 e. The zero-order valence-electron chi connectivity index (χ0n) is 15.0. The van der Waals surface area contributed by atoms with Gasteiger partial charge in [-0.3, -0.25) is 4.79 Å². The van der Waals surface area contributed by atoms with Crippen LogP contribution < -0.4 is 0 Å². The smallest absolute Gasteiger partial charge is 0.219 e. The monoisotopic (exact) mass is 424 g/mol. The Balaban J connectivity index is 1.63. The second-order valence-corrected chi connectivity index (χ2v) is 7.72. The van der Waals surface area contributed by atoms with Crippen LogP contribution in [0, 0.1) is 0 Å². The molecule has 1 aromatic carbocycles. The van der Waals surface area contributed by atoms with Gasteiger partial charge in [-0.2, -0.15) is 0 Å². The number of benzene rings is 1. The minimum Gasteiger partial charge on any atom is -0.361 e. The number of carbonyl (C=O) groups excluding carboxylic acids is 1. The molecule has 0 spiro atoms. The average Bonchev–Trinajstić information content (AvgIpc) is 3.00. The Morgan fingerprint density at radius 3 is 2.48 bits per heavy atom. The number of likely N-dealkylation sites (N-methyl/N-ethyl adjacent to an activating group) is 1. The minimum atomic E-state index is -0.00964. The van der Waals surface area contributed by atoms with Crippen molar-refractivity contribution in [3.05, 3.63) is 56.7 Å². The van der Waals surface area contributed by atoms with Crippen molar-refractivity contribution in [1.82, 2.24) is 14.8 Å². The number of rotatable bonds is 5. The number of pyridine rings is 1. The van der Waals surface area contributed by atoms with E-state index < -0.39 is 0 Å². The van der Waals surface area contributed by atoms with Crippen molar-refractivity contribution in [3.63, 3.8) is 0 Å². The Morgan fingerprint density at radius 2 is 1.81 bits per heavy atom. The first-order valence-electron chi connectivity index (χ1n) is 8.46. The Kier molecular flexibility index (Phi) is 6.25. The van der Waals surface area contributed by atoms with Gasteiger partial charge in [0.25, 0.3) is 0 Å². The third-order valence-corrected chi connectivity index (χ3v) is 5.04. The van der Waals surface area contributed by atoms with Gasteiger partial charge >= 0.3 is 0 Å². The van der Waals surface area contributed by atoms with E-state index in [0.29, 0.717) is 47.1 Å². The van der Waals surface area contributed by atoms with E-state index in [4.69, 9.17) is 34.8 Å². The normalized spacial score (nSPS) is 12.6. The maximum atomic E-state index is 12.1. The zero-order chi connectivity index (χ0) is 19.6. The minimum absolute atomic E-state index is 0.00964. The van der Waals surface area contributed by atoms with E-state index in [0.717, 1.165) is 17.0 Å². The third-order valence-electron chi connectivity index (χ3n) is 4.39. The highest BCUT2D eigenvalue weighted by atomic mass is 35.5. The molecule has 0 radical (unpaired) electrons. The summed E-state index contributed by atoms with van der Waals surface area (Å²) in [5.74, 6) is 1.57. The van der Waals surface area contributed by atoms with E-state index in [9.17, 15) is 4.79 Å². The molecule has 0 atom stereocenters. The lowest BCUT2D eigenvalue weighted by atomic mass is 10.2. The standard InChI is InChI=1S/C19H19Cl3N4O/c1-12(27)26(11-13-7-15(20)10-16(21)8-13)6-5-25(2)18-9-14-3-4-17(22)23-19(14)24-18/h3-4,7-8,10H,5-6,9,11H2,1-2H3. The molecule has 142 valence electrons. The van der Waals surface area contributed by atoms with Crippen LogP contribution in [-0.4, -0.2) is 46.7 Å². The summed E-state index contributed by atoms with van der Waals surface area (Å²) >= 11 is 18.0. The SMILES string of the molecule is CC(=O)N(CCN(C)C1=Nc2nc(Cl)ccc2C1)Cc1cc(Cl)cc(Cl)c1. The first-order valence-corrected chi connectivity index (χ1v) is 9.60. The van der Waals surface area contributed by atoms with Gasteiger partial charge in [-0.15, -0.1) is 0 Å². The van der Waals surface area contributed by atoms with Crippen molar-refractivity contribution in [2.45, 2.75) is 19.9 Å². The predicted octanol–water partition coefficient (Wildman–Crippen LogP) is 4.61. The molecule has 2 aromatic rings. The molecule has 5 nitrogen and oxygen atoms in total. The summed E-state index contributed by atoms with van der Waals surface area (Å²) in [5.41, 5.74) is 1.95. The number of fused-ring (bicyclic) bond motifs is 1. The molecular formula is C19H19Cl3N4O. The highest BCUT2D eigenvalue weighted by Gasteiger charge is 2.20. The molecule has 2 heterocycles. The lowest BCUT2D eigenvalue weighted by Gasteiger charge is -2.26. The fourth-order valence-corrected chi connectivity index (χ4v) is 3.63. The van der Waals surface area contributed by atoms with E-state index in [2.05, 4.69) is 9.98 Å². The third kappa shape index (κ3) is 5.12. The van der Waals surface area contributed by atoms with E-state index in [1.54, 1.807) is 24.0 Å². The van der Waals surface area contributed by atoms with Crippen LogP contribution in [0.3, 0.4) is 0 Å². The van der Waals surface area contributed by atoms with E-state index >= 15 is 0 Å². The summed E-state index contributed by atoms with van der Waals surface area (Å²) in [4.78, 5) is 24.6. The van der Waals surface area contributed by atoms with E-state index in [1.807, 2.05) is 30.1 Å². The number of hydrogen-bond acceptors (Lipinski definition) is 4. The van der Waals surface area contributed by atoms with Crippen LogP contribution in [0.15, 0.2) is 35.3 Å². The van der Waals surface area contributed by atoms with Crippen LogP contribution in [0.2, 0.25) is 15.2 Å². The van der Waals surface area contributed by atoms with Gasteiger partial charge in [-0.05, 0) is 29.8 Å². The molecule has 0 unspecified atom stereocenters. The highest BCUT2D eigenvalue weighted by Crippen LogP contribution is 2.26. The first-order chi connectivity index (χ1) is 12.8. The number of carbonyl (C=O) groups is 1. The van der Waals surface area contributed by atoms with Crippen molar-refractivity contribution in [2.24, 2.45) is 4.99 Å². The first kappa shape index (κ1) is 19.9. The summed E-state index contributed by atoms with van der Waals surface area (Å²) in [5, 5.41) is 1.55. The number of aliphatic imine (C=N–C) groups is 1. The molecular weight excluding hydrogens is 407 g/mol. The van der Waals surface area contributed by atoms with Crippen molar-refractivity contribution >= 4 is 52.4 Å². The molecule has 3 rings (SSSR count). The van der Waals surface area contributed by atoms with Crippen LogP contribution in [0.1, 0.15) is 18.1 Å². The Bertz CT molecular complexity index is 880. The summed E-state index contributed by atoms with van der Waals surface area (Å²) in [6.07, 6.45) is 0.708. The average molecular weight is 426 g/mol. The molecule has 0 fully saturated rings. The second kappa shape index (κ2) is 8.46. The topological polar surface area (TPSA) is 48.8 Å². The van der Waals surface area contributed by atoms with Crippen LogP contribution in [0.5, 0.6) is 0 Å². The van der Waals surface area contributed by atoms with Gasteiger partial charge in [0.15, 0.2) is 5.82 Å². The lowest BCUT2D eigenvalue weighted by molar-refractivity contribution is -0.129. The van der Waals surface area contributed by atoms with Crippen LogP contribution in [0.4, 0.5) is 5.82 Å². The lowest BCUT2D eigenvalue weighted by Crippen LogP contribution is -2.38. The molecule has 0 bridgehead atoms. The number of halogens is 3. The molecule has 1 aliphatic heterocycles. The Hall–Kier alpha value is -1.82. The van der Waals surface area contributed by atoms with Crippen molar-refractivity contribution in [3.8, 4) is 0 Å². The molecule has 0 saturated carbocycles. The van der Waals surface area contributed by atoms with Crippen molar-refractivity contribution in [1.29, 1.82) is 0 Å². The van der Waals surface area contributed by atoms with Crippen LogP contribution >= 0.6 is 34.8 Å². The van der Waals surface area contributed by atoms with Gasteiger partial charge < -0.3 is 9.80 Å². The number of nitrogens with zero attached hydrogens (tertiary/aromatic N) is 4. The highest BCUT2D eigenvalue weighted by molar-refractivity contribution is 6.34. The summed E-state index contributed by atoms with van der Waals surface area (Å²) in [6.45, 7) is 3.21. The molecule has 1 amide bonds. The fourth-order valence-electron chi connectivity index (χ4n) is 2.91. The quantitative estimate of drug-likeness (QED) is 0.657. The number of hydrogen-bond donors (Lipinski definition) is 0. The van der Waals surface area contributed by atoms with Crippen LogP contribution in [-0.2, 0) is 17.8 Å². The molecule has 27 heavy (non-hydrogen) atoms. The maximum Gasteiger partial charge on any atom is 0.219 e. The second-order valence-electron chi connectivity index (χ2n) is 6.46. The molecule has 1 aliphatic rings. The van der Waals surface area contributed by atoms with Crippen molar-refractivity contribution in [2.75, 3.05) is 20.1 Å². The van der Waals surface area contributed by atoms with Gasteiger partial charge in [0.05, 0.1) is 0 Å². The van der Waals surface area contributed by atoms with Gasteiger partial charge in [0.1, 0.15) is 11.0 Å². The Morgan fingerprint density at radius 1 is 1.11 bits per heavy atom. The molecule has 1 aromatic heterocycles. The van der Waals surface area contributed by atoms with Crippen LogP contribution in [0.25, 0.3) is 0 Å². The van der Waals surface area contributed by atoms with Gasteiger partial charge in [-0.1, -0.05) is 40.9 Å². The van der Waals surface area contributed by atoms with Gasteiger partial charge in [0, 0.05) is 55.6 Å². The summed E-state index contributed by atoms with van der Waals surface area (Å²) < 4.78 is 0. The zero-order valence-corrected chi connectivity index (χ0v) is 17.3. The van der Waals surface area contributed by atoms with E-state index in [-0.39, 0.29) is 5.91 Å². The molecule has 0 saturated heterocycles. The van der Waals surface area contributed by atoms with Crippen molar-refractivity contribution < 1.29 is 4.79 Å². The predicted molar refractivity (Wildman–Crippen MR) is 110 cm³/mol. The molecule has 8 heteroatoms. The molecule has 0 aliphatic carbocycles. The summed E-state index contributed by atoms with van der Waals surface area (Å²) in [6, 6.07) is 9.03. The molecule has 0 N–H and O–H groups in total. The summed E-state index contributed by atoms with van der Waals surface area (Å²) in [7, 11) is 1.96. The maximum absolute atomic E-state index is 12.1. The Labute approximate surface area is 173 Å². The number of aromatic nitrogens is 1. The van der Waals surface area contributed by atoms with Gasteiger partial charge in [0.2, 0.25) is 5.91 Å². The fraction of sp³-hybridized carbons (Fsp3) is 0.316. The van der Waals surface area contributed by atoms with E-state index in [1.165, 1.54) is 0 Å². The number of amidine groups is 1.